The van der Waals surface area contributed by atoms with Crippen molar-refractivity contribution >= 4 is 38.7 Å². The van der Waals surface area contributed by atoms with Crippen molar-refractivity contribution in [1.29, 1.82) is 0 Å². The molecule has 0 saturated heterocycles. The number of nitrogens with one attached hydrogen (secondary N) is 1. The predicted octanol–water partition coefficient (Wildman–Crippen LogP) is 6.15. The number of ether oxygens (including phenoxy) is 2. The van der Waals surface area contributed by atoms with E-state index in [2.05, 4.69) is 27.4 Å². The van der Waals surface area contributed by atoms with Crippen LogP contribution in [0.4, 0.5) is 0 Å². The Bertz CT molecular complexity index is 1780. The maximum atomic E-state index is 12.9. The van der Waals surface area contributed by atoms with Gasteiger partial charge in [0.2, 0.25) is 0 Å². The third-order valence-corrected chi connectivity index (χ3v) is 9.88. The minimum atomic E-state index is -3.34. The van der Waals surface area contributed by atoms with Crippen molar-refractivity contribution in [3.8, 4) is 5.75 Å². The number of para-hydroxylation sites is 1. The molecule has 10 nitrogen and oxygen atoms in total. The summed E-state index contributed by atoms with van der Waals surface area (Å²) in [6.45, 7) is 6.61. The van der Waals surface area contributed by atoms with E-state index in [4.69, 9.17) is 9.47 Å². The number of benzene rings is 3. The molecule has 42 heavy (non-hydrogen) atoms. The average Bonchev–Trinajstić information content (AvgIpc) is 3.57. The molecule has 3 heterocycles. The molecule has 1 unspecified atom stereocenters. The molecular weight excluding hydrogens is 554 g/mol. The SMILES string of the molecule is CCOC(=O)CC(c1cc(CN2C[C@@H](C)Oc3ccccc3S2(O)O)c2cc[nH]c2c1)c1ccc2c(nnn2C)c1C. The van der Waals surface area contributed by atoms with Crippen molar-refractivity contribution in [2.24, 2.45) is 7.05 Å². The van der Waals surface area contributed by atoms with Crippen LogP contribution in [0.5, 0.6) is 5.75 Å². The maximum absolute atomic E-state index is 12.9. The number of hydrogen-bond donors (Lipinski definition) is 3. The van der Waals surface area contributed by atoms with Gasteiger partial charge >= 0.3 is 5.97 Å². The summed E-state index contributed by atoms with van der Waals surface area (Å²) in [5, 5.41) is 9.53. The topological polar surface area (TPSA) is 126 Å². The fraction of sp³-hybridized carbons (Fsp3) is 0.323. The van der Waals surface area contributed by atoms with Gasteiger partial charge in [-0.2, -0.15) is 4.31 Å². The van der Waals surface area contributed by atoms with Crippen LogP contribution in [0.1, 0.15) is 48.4 Å². The van der Waals surface area contributed by atoms with Crippen LogP contribution in [0.2, 0.25) is 0 Å². The van der Waals surface area contributed by atoms with E-state index < -0.39 is 10.8 Å². The van der Waals surface area contributed by atoms with E-state index in [1.54, 1.807) is 34.1 Å². The molecule has 2 atom stereocenters. The standard InChI is InChI=1S/C31H35N5O5S/c1-5-40-30(37)16-25(23-10-11-27-31(20(23)3)33-34-35(27)4)21-14-22(24-12-13-32-26(24)15-21)18-36-17-19(2)41-28-8-6-7-9-29(28)42(36,38)39/h6-15,19,25,32,38-39H,5,16-18H2,1-4H3/t19-,25?/m1/s1. The van der Waals surface area contributed by atoms with Crippen LogP contribution in [0, 0.1) is 6.92 Å². The van der Waals surface area contributed by atoms with Crippen LogP contribution >= 0.6 is 10.8 Å². The van der Waals surface area contributed by atoms with Gasteiger partial charge in [0.25, 0.3) is 0 Å². The van der Waals surface area contributed by atoms with Gasteiger partial charge in [-0.05, 0) is 73.4 Å². The molecular formula is C31H35N5O5S. The van der Waals surface area contributed by atoms with Gasteiger partial charge < -0.3 is 14.5 Å². The summed E-state index contributed by atoms with van der Waals surface area (Å²) >= 11 is 0. The number of aromatic nitrogens is 4. The number of H-pyrrole nitrogens is 1. The molecule has 3 aromatic carbocycles. The van der Waals surface area contributed by atoms with E-state index in [-0.39, 0.29) is 31.0 Å². The lowest BCUT2D eigenvalue weighted by atomic mass is 9.84. The lowest BCUT2D eigenvalue weighted by molar-refractivity contribution is -0.143. The smallest absolute Gasteiger partial charge is 0.306 e. The van der Waals surface area contributed by atoms with E-state index in [1.165, 1.54) is 0 Å². The van der Waals surface area contributed by atoms with Crippen LogP contribution < -0.4 is 4.74 Å². The Morgan fingerprint density at radius 1 is 1.21 bits per heavy atom. The predicted molar refractivity (Wildman–Crippen MR) is 163 cm³/mol. The molecule has 5 aromatic rings. The molecule has 0 spiro atoms. The van der Waals surface area contributed by atoms with Crippen molar-refractivity contribution in [3.63, 3.8) is 0 Å². The van der Waals surface area contributed by atoms with E-state index in [0.717, 1.165) is 44.2 Å². The molecule has 0 radical (unpaired) electrons. The van der Waals surface area contributed by atoms with Crippen molar-refractivity contribution in [3.05, 3.63) is 83.0 Å². The summed E-state index contributed by atoms with van der Waals surface area (Å²) in [5.74, 6) is -0.134. The Hall–Kier alpha value is -3.90. The van der Waals surface area contributed by atoms with E-state index in [0.29, 0.717) is 23.8 Å². The first-order valence-electron chi connectivity index (χ1n) is 14.0. The van der Waals surface area contributed by atoms with Gasteiger partial charge in [-0.3, -0.25) is 13.9 Å². The fourth-order valence-corrected chi connectivity index (χ4v) is 7.59. The quantitative estimate of drug-likeness (QED) is 0.193. The van der Waals surface area contributed by atoms with E-state index in [9.17, 15) is 13.9 Å². The first-order chi connectivity index (χ1) is 20.2. The molecule has 0 amide bonds. The lowest BCUT2D eigenvalue weighted by Crippen LogP contribution is -2.33. The average molecular weight is 590 g/mol. The fourth-order valence-electron chi connectivity index (χ4n) is 5.92. The summed E-state index contributed by atoms with van der Waals surface area (Å²) in [5.41, 5.74) is 6.32. The molecule has 1 aliphatic rings. The summed E-state index contributed by atoms with van der Waals surface area (Å²) in [4.78, 5) is 16.6. The van der Waals surface area contributed by atoms with Gasteiger partial charge in [0, 0.05) is 36.6 Å². The van der Waals surface area contributed by atoms with Crippen molar-refractivity contribution in [2.45, 2.75) is 50.7 Å². The van der Waals surface area contributed by atoms with Crippen molar-refractivity contribution in [1.82, 2.24) is 24.3 Å². The number of hydrogen-bond acceptors (Lipinski definition) is 8. The Morgan fingerprint density at radius 2 is 2.02 bits per heavy atom. The van der Waals surface area contributed by atoms with Gasteiger partial charge in [-0.1, -0.05) is 29.5 Å². The minimum Gasteiger partial charge on any atom is -0.487 e. The van der Waals surface area contributed by atoms with Crippen LogP contribution in [-0.4, -0.2) is 58.6 Å². The molecule has 6 rings (SSSR count). The van der Waals surface area contributed by atoms with Gasteiger partial charge in [0.15, 0.2) is 0 Å². The van der Waals surface area contributed by atoms with E-state index >= 15 is 0 Å². The molecule has 0 saturated carbocycles. The molecule has 1 aliphatic heterocycles. The number of carbonyl (C=O) groups excluding carboxylic acids is 1. The molecule has 2 aromatic heterocycles. The van der Waals surface area contributed by atoms with E-state index in [1.807, 2.05) is 51.4 Å². The van der Waals surface area contributed by atoms with Crippen LogP contribution in [0.15, 0.2) is 65.7 Å². The van der Waals surface area contributed by atoms with Gasteiger partial charge in [0.1, 0.15) is 22.3 Å². The number of carbonyl (C=O) groups is 1. The highest BCUT2D eigenvalue weighted by Gasteiger charge is 2.34. The number of nitrogens with zero attached hydrogens (tertiary/aromatic N) is 4. The summed E-state index contributed by atoms with van der Waals surface area (Å²) in [7, 11) is -1.48. The van der Waals surface area contributed by atoms with Gasteiger partial charge in [-0.15, -0.1) is 15.9 Å². The maximum Gasteiger partial charge on any atom is 0.306 e. The Morgan fingerprint density at radius 3 is 2.83 bits per heavy atom. The zero-order valence-corrected chi connectivity index (χ0v) is 24.9. The van der Waals surface area contributed by atoms with Crippen molar-refractivity contribution < 1.29 is 23.4 Å². The van der Waals surface area contributed by atoms with Gasteiger partial charge in [0.05, 0.1) is 25.1 Å². The highest BCUT2D eigenvalue weighted by molar-refractivity contribution is 8.22. The molecule has 0 fully saturated rings. The Kier molecular flexibility index (Phi) is 7.44. The number of aromatic amines is 1. The third kappa shape index (κ3) is 5.02. The highest BCUT2D eigenvalue weighted by atomic mass is 32.3. The molecule has 11 heteroatoms. The first-order valence-corrected chi connectivity index (χ1v) is 15.5. The zero-order chi connectivity index (χ0) is 29.6. The van der Waals surface area contributed by atoms with Crippen LogP contribution in [0.3, 0.4) is 0 Å². The number of fused-ring (bicyclic) bond motifs is 3. The third-order valence-electron chi connectivity index (χ3n) is 7.95. The molecule has 0 aliphatic carbocycles. The summed E-state index contributed by atoms with van der Waals surface area (Å²) in [6.07, 6.45) is 1.75. The minimum absolute atomic E-state index is 0.142. The van der Waals surface area contributed by atoms with Gasteiger partial charge in [-0.25, -0.2) is 4.68 Å². The highest BCUT2D eigenvalue weighted by Crippen LogP contribution is 2.57. The summed E-state index contributed by atoms with van der Waals surface area (Å²) < 4.78 is 38.0. The largest absolute Gasteiger partial charge is 0.487 e. The molecule has 220 valence electrons. The second kappa shape index (κ2) is 11.1. The van der Waals surface area contributed by atoms with Crippen LogP contribution in [0.25, 0.3) is 21.9 Å². The number of esters is 1. The number of rotatable bonds is 7. The van der Waals surface area contributed by atoms with Crippen molar-refractivity contribution in [2.75, 3.05) is 13.2 Å². The van der Waals surface area contributed by atoms with Crippen LogP contribution in [-0.2, 0) is 23.1 Å². The molecule has 0 bridgehead atoms. The normalized spacial score (nSPS) is 18.3. The summed E-state index contributed by atoms with van der Waals surface area (Å²) in [6, 6.07) is 17.2. The first kappa shape index (κ1) is 28.2. The zero-order valence-electron chi connectivity index (χ0n) is 24.1. The molecule has 3 N–H and O–H groups in total. The second-order valence-corrected chi connectivity index (χ2v) is 12.8. The Labute approximate surface area is 245 Å². The number of aryl methyl sites for hydroxylation is 2. The monoisotopic (exact) mass is 589 g/mol. The lowest BCUT2D eigenvalue weighted by Gasteiger charge is -2.41. The Balaban J connectivity index is 1.46. The second-order valence-electron chi connectivity index (χ2n) is 10.8.